The van der Waals surface area contributed by atoms with E-state index in [0.717, 1.165) is 54.3 Å². The largest absolute Gasteiger partial charge is 0.416 e. The Morgan fingerprint density at radius 3 is 2.47 bits per heavy atom. The first-order chi connectivity index (χ1) is 15.2. The van der Waals surface area contributed by atoms with E-state index in [0.29, 0.717) is 18.0 Å². The summed E-state index contributed by atoms with van der Waals surface area (Å²) in [5.41, 5.74) is 1.63. The van der Waals surface area contributed by atoms with Crippen LogP contribution in [0.25, 0.3) is 10.9 Å². The third kappa shape index (κ3) is 3.85. The fourth-order valence-corrected chi connectivity index (χ4v) is 5.08. The van der Waals surface area contributed by atoms with Crippen molar-refractivity contribution in [2.24, 2.45) is 0 Å². The molecule has 0 unspecified atom stereocenters. The van der Waals surface area contributed by atoms with E-state index in [4.69, 9.17) is 0 Å². The lowest BCUT2D eigenvalue weighted by molar-refractivity contribution is -0.137. The molecule has 2 fully saturated rings. The highest BCUT2D eigenvalue weighted by atomic mass is 19.4. The quantitative estimate of drug-likeness (QED) is 0.375. The van der Waals surface area contributed by atoms with E-state index in [-0.39, 0.29) is 23.7 Å². The van der Waals surface area contributed by atoms with Gasteiger partial charge in [0.25, 0.3) is 0 Å². The fraction of sp³-hybridized carbons (Fsp3) is 0.360. The van der Waals surface area contributed by atoms with Crippen LogP contribution in [0.3, 0.4) is 0 Å². The second-order valence-electron chi connectivity index (χ2n) is 8.91. The lowest BCUT2D eigenvalue weighted by atomic mass is 9.77. The Morgan fingerprint density at radius 2 is 1.78 bits per heavy atom. The predicted octanol–water partition coefficient (Wildman–Crippen LogP) is 5.87. The van der Waals surface area contributed by atoms with Crippen molar-refractivity contribution in [3.8, 4) is 0 Å². The van der Waals surface area contributed by atoms with E-state index in [1.54, 1.807) is 18.3 Å². The van der Waals surface area contributed by atoms with Gasteiger partial charge in [-0.15, -0.1) is 0 Å². The number of nitrogens with zero attached hydrogens (tertiary/aromatic N) is 2. The molecule has 0 bridgehead atoms. The van der Waals surface area contributed by atoms with Gasteiger partial charge in [0, 0.05) is 18.1 Å². The molecule has 2 heterocycles. The number of hydrogen-bond acceptors (Lipinski definition) is 2. The van der Waals surface area contributed by atoms with Crippen molar-refractivity contribution in [3.63, 3.8) is 0 Å². The molecule has 1 aliphatic carbocycles. The Hall–Kier alpha value is -2.96. The smallest absolute Gasteiger partial charge is 0.333 e. The molecule has 1 aromatic heterocycles. The van der Waals surface area contributed by atoms with Gasteiger partial charge in [0.05, 0.1) is 23.0 Å². The van der Waals surface area contributed by atoms with E-state index < -0.39 is 11.7 Å². The van der Waals surface area contributed by atoms with E-state index in [9.17, 15) is 22.4 Å². The first-order valence-electron chi connectivity index (χ1n) is 10.8. The van der Waals surface area contributed by atoms with Crippen LogP contribution >= 0.6 is 0 Å². The average Bonchev–Trinajstić information content (AvgIpc) is 3.47. The monoisotopic (exact) mass is 442 g/mol. The Labute approximate surface area is 183 Å². The van der Waals surface area contributed by atoms with Crippen LogP contribution < -0.4 is 0 Å². The minimum Gasteiger partial charge on any atom is -0.333 e. The van der Waals surface area contributed by atoms with Crippen LogP contribution in [-0.2, 0) is 17.4 Å². The molecule has 0 atom stereocenters. The fourth-order valence-electron chi connectivity index (χ4n) is 5.08. The zero-order valence-corrected chi connectivity index (χ0v) is 17.3. The number of amides is 1. The average molecular weight is 442 g/mol. The molecule has 0 N–H and O–H groups in total. The minimum atomic E-state index is -4.38. The van der Waals surface area contributed by atoms with Gasteiger partial charge in [-0.05, 0) is 79.1 Å². The number of carbonyl (C=O) groups excluding carboxylic acids is 1. The summed E-state index contributed by atoms with van der Waals surface area (Å²) in [6, 6.07) is 11.4. The third-order valence-electron chi connectivity index (χ3n) is 6.95. The molecule has 2 aliphatic rings. The summed E-state index contributed by atoms with van der Waals surface area (Å²) in [5.74, 6) is -0.0266. The highest BCUT2D eigenvalue weighted by Gasteiger charge is 2.55. The number of halogens is 4. The number of benzene rings is 2. The number of hydrogen-bond donors (Lipinski definition) is 0. The molecule has 0 radical (unpaired) electrons. The van der Waals surface area contributed by atoms with Crippen molar-refractivity contribution in [3.05, 3.63) is 77.2 Å². The summed E-state index contributed by atoms with van der Waals surface area (Å²) in [6.07, 6.45) is 1.04. The van der Waals surface area contributed by atoms with Crippen molar-refractivity contribution in [2.75, 3.05) is 6.54 Å². The predicted molar refractivity (Wildman–Crippen MR) is 113 cm³/mol. The first-order valence-corrected chi connectivity index (χ1v) is 10.8. The molecule has 166 valence electrons. The van der Waals surface area contributed by atoms with Crippen molar-refractivity contribution >= 4 is 16.8 Å². The summed E-state index contributed by atoms with van der Waals surface area (Å²) in [5, 5.41) is 0.847. The highest BCUT2D eigenvalue weighted by Crippen LogP contribution is 2.50. The molecular weight excluding hydrogens is 420 g/mol. The van der Waals surface area contributed by atoms with Crippen LogP contribution in [0.15, 0.2) is 54.7 Å². The number of rotatable bonds is 3. The normalized spacial score (nSPS) is 23.0. The SMILES string of the molecule is O=C(Cc1ccc(C(F)(F)F)cc1)N1CC12CCC(c1ccnc3ccc(F)cc13)CC2. The molecule has 5 rings (SSSR count). The minimum absolute atomic E-state index is 0.0420. The van der Waals surface area contributed by atoms with Crippen molar-refractivity contribution in [1.82, 2.24) is 9.88 Å². The van der Waals surface area contributed by atoms with Gasteiger partial charge >= 0.3 is 6.18 Å². The zero-order valence-electron chi connectivity index (χ0n) is 17.3. The topological polar surface area (TPSA) is 33.0 Å². The van der Waals surface area contributed by atoms with Crippen molar-refractivity contribution in [2.45, 2.75) is 49.7 Å². The summed E-state index contributed by atoms with van der Waals surface area (Å²) < 4.78 is 52.0. The summed E-state index contributed by atoms with van der Waals surface area (Å²) in [7, 11) is 0. The van der Waals surface area contributed by atoms with Crippen molar-refractivity contribution < 1.29 is 22.4 Å². The molecule has 1 spiro atoms. The van der Waals surface area contributed by atoms with Crippen LogP contribution in [-0.4, -0.2) is 27.9 Å². The van der Waals surface area contributed by atoms with E-state index >= 15 is 0 Å². The Balaban J connectivity index is 1.23. The summed E-state index contributed by atoms with van der Waals surface area (Å²) >= 11 is 0. The molecule has 3 nitrogen and oxygen atoms in total. The number of alkyl halides is 3. The number of aromatic nitrogens is 1. The highest BCUT2D eigenvalue weighted by molar-refractivity contribution is 5.83. The van der Waals surface area contributed by atoms with Crippen LogP contribution in [0, 0.1) is 5.82 Å². The Kier molecular flexibility index (Phi) is 4.95. The van der Waals surface area contributed by atoms with Gasteiger partial charge in [0.15, 0.2) is 0 Å². The second kappa shape index (κ2) is 7.57. The maximum Gasteiger partial charge on any atom is 0.416 e. The maximum atomic E-state index is 13.8. The lowest BCUT2D eigenvalue weighted by Crippen LogP contribution is -2.29. The Bertz CT molecular complexity index is 1160. The molecule has 2 aromatic carbocycles. The lowest BCUT2D eigenvalue weighted by Gasteiger charge is -2.30. The first kappa shape index (κ1) is 20.9. The van der Waals surface area contributed by atoms with Crippen LogP contribution in [0.4, 0.5) is 17.6 Å². The van der Waals surface area contributed by atoms with Gasteiger partial charge in [-0.2, -0.15) is 13.2 Å². The second-order valence-corrected chi connectivity index (χ2v) is 8.91. The molecule has 1 aliphatic heterocycles. The molecular formula is C25H22F4N2O. The number of pyridine rings is 1. The van der Waals surface area contributed by atoms with Gasteiger partial charge in [0.1, 0.15) is 5.82 Å². The third-order valence-corrected chi connectivity index (χ3v) is 6.95. The van der Waals surface area contributed by atoms with E-state index in [1.165, 1.54) is 18.2 Å². The van der Waals surface area contributed by atoms with Crippen LogP contribution in [0.5, 0.6) is 0 Å². The Morgan fingerprint density at radius 1 is 1.06 bits per heavy atom. The van der Waals surface area contributed by atoms with Crippen molar-refractivity contribution in [1.29, 1.82) is 0 Å². The van der Waals surface area contributed by atoms with Gasteiger partial charge in [-0.1, -0.05) is 12.1 Å². The molecule has 32 heavy (non-hydrogen) atoms. The van der Waals surface area contributed by atoms with Gasteiger partial charge in [-0.25, -0.2) is 4.39 Å². The van der Waals surface area contributed by atoms with Gasteiger partial charge < -0.3 is 4.90 Å². The van der Waals surface area contributed by atoms with Gasteiger partial charge in [-0.3, -0.25) is 9.78 Å². The standard InChI is InChI=1S/C25H22F4N2O/c26-19-5-6-22-21(14-19)20(9-12-30-22)17-7-10-24(11-8-17)15-31(24)23(32)13-16-1-3-18(4-2-16)25(27,28)29/h1-6,9,12,14,17H,7-8,10-11,13,15H2. The van der Waals surface area contributed by atoms with E-state index in [2.05, 4.69) is 4.98 Å². The van der Waals surface area contributed by atoms with Crippen LogP contribution in [0.2, 0.25) is 0 Å². The number of carbonyl (C=O) groups is 1. The summed E-state index contributed by atoms with van der Waals surface area (Å²) in [4.78, 5) is 18.9. The molecule has 1 amide bonds. The molecule has 1 saturated carbocycles. The van der Waals surface area contributed by atoms with E-state index in [1.807, 2.05) is 11.0 Å². The molecule has 7 heteroatoms. The van der Waals surface area contributed by atoms with Gasteiger partial charge in [0.2, 0.25) is 5.91 Å². The molecule has 1 saturated heterocycles. The maximum absolute atomic E-state index is 13.8. The number of fused-ring (bicyclic) bond motifs is 1. The van der Waals surface area contributed by atoms with Crippen LogP contribution in [0.1, 0.15) is 48.3 Å². The molecule has 3 aromatic rings. The summed E-state index contributed by atoms with van der Waals surface area (Å²) in [6.45, 7) is 0.699. The zero-order chi connectivity index (χ0) is 22.5.